The van der Waals surface area contributed by atoms with Gasteiger partial charge in [0, 0.05) is 11.4 Å². The van der Waals surface area contributed by atoms with Crippen LogP contribution in [0.2, 0.25) is 0 Å². The Morgan fingerprint density at radius 3 is 2.26 bits per heavy atom. The summed E-state index contributed by atoms with van der Waals surface area (Å²) in [6.07, 6.45) is 0. The average molecular weight is 266 g/mol. The van der Waals surface area contributed by atoms with Gasteiger partial charge in [-0.05, 0) is 31.9 Å². The van der Waals surface area contributed by atoms with Crippen molar-refractivity contribution in [1.82, 2.24) is 9.99 Å². The van der Waals surface area contributed by atoms with Gasteiger partial charge in [-0.25, -0.2) is 0 Å². The fraction of sp³-hybridized carbons (Fsp3) is 0.538. The average Bonchev–Trinajstić information content (AvgIpc) is 2.66. The summed E-state index contributed by atoms with van der Waals surface area (Å²) in [5.74, 6) is -0.560. The molecule has 2 amide bonds. The van der Waals surface area contributed by atoms with E-state index in [4.69, 9.17) is 5.73 Å². The highest BCUT2D eigenvalue weighted by Crippen LogP contribution is 2.03. The Hall–Kier alpha value is -1.82. The van der Waals surface area contributed by atoms with Crippen LogP contribution in [0.15, 0.2) is 12.1 Å². The molecule has 0 aliphatic heterocycles. The molecule has 0 saturated carbocycles. The molecule has 0 saturated heterocycles. The highest BCUT2D eigenvalue weighted by atomic mass is 16.2. The first kappa shape index (κ1) is 15.2. The number of nitrogens with two attached hydrogens (primary N) is 1. The Morgan fingerprint density at radius 2 is 1.79 bits per heavy atom. The Labute approximate surface area is 113 Å². The summed E-state index contributed by atoms with van der Waals surface area (Å²) in [7, 11) is 0. The third-order valence-electron chi connectivity index (χ3n) is 2.95. The summed E-state index contributed by atoms with van der Waals surface area (Å²) >= 11 is 0. The number of rotatable bonds is 5. The lowest BCUT2D eigenvalue weighted by atomic mass is 10.1. The molecule has 0 aliphatic rings. The Balaban J connectivity index is 2.47. The van der Waals surface area contributed by atoms with Gasteiger partial charge in [0.2, 0.25) is 5.91 Å². The summed E-state index contributed by atoms with van der Waals surface area (Å²) in [6.45, 7) is 7.41. The smallest absolute Gasteiger partial charge is 0.258 e. The van der Waals surface area contributed by atoms with E-state index in [1.807, 2.05) is 39.8 Å². The monoisotopic (exact) mass is 266 g/mol. The molecule has 0 radical (unpaired) electrons. The molecule has 0 fully saturated rings. The maximum atomic E-state index is 11.7. The molecule has 1 heterocycles. The van der Waals surface area contributed by atoms with Crippen LogP contribution in [0.25, 0.3) is 0 Å². The van der Waals surface area contributed by atoms with Crippen LogP contribution in [0.3, 0.4) is 0 Å². The van der Waals surface area contributed by atoms with Crippen LogP contribution in [0, 0.1) is 19.8 Å². The van der Waals surface area contributed by atoms with Gasteiger partial charge in [0.1, 0.15) is 0 Å². The van der Waals surface area contributed by atoms with Gasteiger partial charge in [0.05, 0.1) is 12.6 Å². The van der Waals surface area contributed by atoms with Crippen LogP contribution in [-0.2, 0) is 9.59 Å². The third-order valence-corrected chi connectivity index (χ3v) is 2.95. The zero-order valence-corrected chi connectivity index (χ0v) is 11.9. The summed E-state index contributed by atoms with van der Waals surface area (Å²) in [5, 5.41) is 2.53. The lowest BCUT2D eigenvalue weighted by molar-refractivity contribution is -0.126. The van der Waals surface area contributed by atoms with Crippen molar-refractivity contribution in [3.8, 4) is 0 Å². The van der Waals surface area contributed by atoms with Crippen LogP contribution in [0.1, 0.15) is 25.2 Å². The van der Waals surface area contributed by atoms with Crippen LogP contribution < -0.4 is 16.5 Å². The number of aryl methyl sites for hydroxylation is 2. The molecule has 1 aromatic heterocycles. The van der Waals surface area contributed by atoms with Gasteiger partial charge in [0.15, 0.2) is 0 Å². The number of hydrogen-bond acceptors (Lipinski definition) is 3. The van der Waals surface area contributed by atoms with Gasteiger partial charge in [0.25, 0.3) is 5.91 Å². The van der Waals surface area contributed by atoms with Crippen molar-refractivity contribution in [3.63, 3.8) is 0 Å². The van der Waals surface area contributed by atoms with Gasteiger partial charge in [-0.1, -0.05) is 13.8 Å². The molecule has 0 unspecified atom stereocenters. The van der Waals surface area contributed by atoms with Crippen molar-refractivity contribution >= 4 is 11.8 Å². The maximum Gasteiger partial charge on any atom is 0.258 e. The lowest BCUT2D eigenvalue weighted by Crippen LogP contribution is -2.46. The van der Waals surface area contributed by atoms with Gasteiger partial charge < -0.3 is 11.1 Å². The second-order valence-corrected chi connectivity index (χ2v) is 4.97. The molecule has 0 bridgehead atoms. The zero-order valence-electron chi connectivity index (χ0n) is 11.9. The number of nitrogens with one attached hydrogen (secondary N) is 2. The lowest BCUT2D eigenvalue weighted by Gasteiger charge is -2.16. The van der Waals surface area contributed by atoms with Crippen LogP contribution in [0.4, 0.5) is 0 Å². The van der Waals surface area contributed by atoms with E-state index >= 15 is 0 Å². The molecule has 1 rings (SSSR count). The predicted octanol–water partition coefficient (Wildman–Crippen LogP) is 0.275. The number of nitrogens with zero attached hydrogens (tertiary/aromatic N) is 1. The minimum absolute atomic E-state index is 0.0389. The van der Waals surface area contributed by atoms with Crippen molar-refractivity contribution in [2.75, 3.05) is 12.0 Å². The summed E-state index contributed by atoms with van der Waals surface area (Å²) in [5.41, 5.74) is 10.2. The standard InChI is InChI=1S/C13H22N4O2/c1-8(2)12(14)13(19)15-7-11(18)16-17-9(3)5-6-10(17)4/h5-6,8,12H,7,14H2,1-4H3,(H,15,19)(H,16,18)/t12-/m0/s1. The number of amides is 2. The van der Waals surface area contributed by atoms with Gasteiger partial charge in [-0.15, -0.1) is 0 Å². The summed E-state index contributed by atoms with van der Waals surface area (Å²) in [6, 6.07) is 3.22. The van der Waals surface area contributed by atoms with Gasteiger partial charge >= 0.3 is 0 Å². The second-order valence-electron chi connectivity index (χ2n) is 4.97. The number of aromatic nitrogens is 1. The first-order chi connectivity index (χ1) is 8.82. The minimum Gasteiger partial charge on any atom is -0.346 e. The fourth-order valence-corrected chi connectivity index (χ4v) is 1.60. The van der Waals surface area contributed by atoms with Crippen molar-refractivity contribution in [2.24, 2.45) is 11.7 Å². The van der Waals surface area contributed by atoms with E-state index in [0.717, 1.165) is 11.4 Å². The van der Waals surface area contributed by atoms with Crippen LogP contribution in [-0.4, -0.2) is 29.1 Å². The molecule has 0 aliphatic carbocycles. The molecule has 6 heteroatoms. The first-order valence-corrected chi connectivity index (χ1v) is 6.31. The number of carbonyl (C=O) groups excluding carboxylic acids is 2. The van der Waals surface area contributed by atoms with Crippen LogP contribution >= 0.6 is 0 Å². The molecule has 0 spiro atoms. The van der Waals surface area contributed by atoms with E-state index in [-0.39, 0.29) is 24.3 Å². The number of carbonyl (C=O) groups is 2. The van der Waals surface area contributed by atoms with E-state index in [0.29, 0.717) is 0 Å². The maximum absolute atomic E-state index is 11.7. The molecular formula is C13H22N4O2. The van der Waals surface area contributed by atoms with Crippen molar-refractivity contribution in [3.05, 3.63) is 23.5 Å². The molecule has 4 N–H and O–H groups in total. The molecule has 1 atom stereocenters. The van der Waals surface area contributed by atoms with Crippen LogP contribution in [0.5, 0.6) is 0 Å². The van der Waals surface area contributed by atoms with E-state index < -0.39 is 6.04 Å². The largest absolute Gasteiger partial charge is 0.346 e. The Kier molecular flexibility index (Phi) is 5.11. The normalized spacial score (nSPS) is 12.3. The third kappa shape index (κ3) is 4.10. The van der Waals surface area contributed by atoms with Gasteiger partial charge in [-0.3, -0.25) is 19.7 Å². The number of hydrogen-bond donors (Lipinski definition) is 3. The summed E-state index contributed by atoms with van der Waals surface area (Å²) < 4.78 is 1.68. The predicted molar refractivity (Wildman–Crippen MR) is 74.1 cm³/mol. The van der Waals surface area contributed by atoms with E-state index in [9.17, 15) is 9.59 Å². The minimum atomic E-state index is -0.595. The molecule has 1 aromatic rings. The molecule has 6 nitrogen and oxygen atoms in total. The van der Waals surface area contributed by atoms with E-state index in [1.54, 1.807) is 4.68 Å². The van der Waals surface area contributed by atoms with Crippen molar-refractivity contribution < 1.29 is 9.59 Å². The van der Waals surface area contributed by atoms with Crippen molar-refractivity contribution in [2.45, 2.75) is 33.7 Å². The van der Waals surface area contributed by atoms with Gasteiger partial charge in [-0.2, -0.15) is 0 Å². The van der Waals surface area contributed by atoms with E-state index in [1.165, 1.54) is 0 Å². The first-order valence-electron chi connectivity index (χ1n) is 6.31. The molecular weight excluding hydrogens is 244 g/mol. The molecule has 19 heavy (non-hydrogen) atoms. The molecule has 106 valence electrons. The highest BCUT2D eigenvalue weighted by Gasteiger charge is 2.17. The zero-order chi connectivity index (χ0) is 14.6. The second kappa shape index (κ2) is 6.38. The quantitative estimate of drug-likeness (QED) is 0.715. The fourth-order valence-electron chi connectivity index (χ4n) is 1.60. The highest BCUT2D eigenvalue weighted by molar-refractivity contribution is 5.91. The Bertz CT molecular complexity index is 446. The topological polar surface area (TPSA) is 89.2 Å². The summed E-state index contributed by atoms with van der Waals surface area (Å²) in [4.78, 5) is 23.3. The SMILES string of the molecule is Cc1ccc(C)n1NC(=O)CNC(=O)[C@@H](N)C(C)C. The molecule has 0 aromatic carbocycles. The van der Waals surface area contributed by atoms with Crippen molar-refractivity contribution in [1.29, 1.82) is 0 Å². The Morgan fingerprint density at radius 1 is 1.26 bits per heavy atom. The van der Waals surface area contributed by atoms with E-state index in [2.05, 4.69) is 10.7 Å².